The summed E-state index contributed by atoms with van der Waals surface area (Å²) < 4.78 is 0. The topological polar surface area (TPSA) is 89.4 Å². The lowest BCUT2D eigenvalue weighted by atomic mass is 9.90. The smallest absolute Gasteiger partial charge is 0.253 e. The van der Waals surface area contributed by atoms with Gasteiger partial charge in [-0.25, -0.2) is 0 Å². The lowest BCUT2D eigenvalue weighted by molar-refractivity contribution is 0.0681. The van der Waals surface area contributed by atoms with Crippen LogP contribution >= 0.6 is 12.4 Å². The Morgan fingerprint density at radius 3 is 2.33 bits per heavy atom. The third kappa shape index (κ3) is 4.19. The fourth-order valence-corrected chi connectivity index (χ4v) is 2.62. The van der Waals surface area contributed by atoms with Crippen LogP contribution in [0.2, 0.25) is 0 Å². The Balaban J connectivity index is 0.00000220. The predicted molar refractivity (Wildman–Crippen MR) is 84.5 cm³/mol. The van der Waals surface area contributed by atoms with Crippen LogP contribution in [0.25, 0.3) is 0 Å². The van der Waals surface area contributed by atoms with Crippen LogP contribution in [0.5, 0.6) is 0 Å². The number of hydrogen-bond donors (Lipinski definition) is 2. The molecule has 1 saturated heterocycles. The summed E-state index contributed by atoms with van der Waals surface area (Å²) in [6.07, 6.45) is 1.86. The Labute approximate surface area is 131 Å². The van der Waals surface area contributed by atoms with Gasteiger partial charge in [0.05, 0.1) is 0 Å². The molecule has 0 bridgehead atoms. The van der Waals surface area contributed by atoms with Crippen molar-refractivity contribution in [3.8, 4) is 0 Å². The molecule has 1 heterocycles. The zero-order chi connectivity index (χ0) is 14.7. The number of nitrogens with zero attached hydrogens (tertiary/aromatic N) is 1. The highest BCUT2D eigenvalue weighted by Gasteiger charge is 2.25. The van der Waals surface area contributed by atoms with Gasteiger partial charge in [0.2, 0.25) is 5.91 Å². The second kappa shape index (κ2) is 7.43. The number of rotatable bonds is 3. The Kier molecular flexibility index (Phi) is 6.18. The molecule has 21 heavy (non-hydrogen) atoms. The lowest BCUT2D eigenvalue weighted by Gasteiger charge is -2.33. The number of nitrogens with two attached hydrogens (primary N) is 2. The van der Waals surface area contributed by atoms with Crippen molar-refractivity contribution in [1.82, 2.24) is 4.90 Å². The number of piperidine rings is 1. The molecule has 5 nitrogen and oxygen atoms in total. The summed E-state index contributed by atoms with van der Waals surface area (Å²) in [6.45, 7) is 3.44. The number of carbonyl (C=O) groups excluding carboxylic acids is 2. The van der Waals surface area contributed by atoms with E-state index in [1.165, 1.54) is 0 Å². The van der Waals surface area contributed by atoms with E-state index in [-0.39, 0.29) is 24.4 Å². The molecule has 0 saturated carbocycles. The Morgan fingerprint density at radius 2 is 1.81 bits per heavy atom. The van der Waals surface area contributed by atoms with E-state index in [0.717, 1.165) is 12.8 Å². The van der Waals surface area contributed by atoms with E-state index in [4.69, 9.17) is 11.5 Å². The number of primary amides is 1. The molecule has 1 aliphatic heterocycles. The van der Waals surface area contributed by atoms with Gasteiger partial charge in [0.15, 0.2) is 0 Å². The van der Waals surface area contributed by atoms with E-state index in [0.29, 0.717) is 30.1 Å². The summed E-state index contributed by atoms with van der Waals surface area (Å²) in [7, 11) is 0. The molecule has 1 atom stereocenters. The molecule has 1 fully saturated rings. The number of amides is 2. The van der Waals surface area contributed by atoms with Crippen LogP contribution in [0.15, 0.2) is 24.3 Å². The number of hydrogen-bond acceptors (Lipinski definition) is 3. The summed E-state index contributed by atoms with van der Waals surface area (Å²) in [5.74, 6) is -0.0810. The van der Waals surface area contributed by atoms with Gasteiger partial charge in [-0.3, -0.25) is 9.59 Å². The minimum absolute atomic E-state index is 0. The predicted octanol–water partition coefficient (Wildman–Crippen LogP) is 1.41. The van der Waals surface area contributed by atoms with E-state index in [1.54, 1.807) is 24.3 Å². The fraction of sp³-hybridized carbons (Fsp3) is 0.467. The van der Waals surface area contributed by atoms with E-state index in [1.807, 2.05) is 11.8 Å². The Morgan fingerprint density at radius 1 is 1.24 bits per heavy atom. The van der Waals surface area contributed by atoms with Crippen molar-refractivity contribution in [3.63, 3.8) is 0 Å². The first-order valence-corrected chi connectivity index (χ1v) is 6.93. The van der Waals surface area contributed by atoms with Crippen LogP contribution < -0.4 is 11.5 Å². The zero-order valence-corrected chi connectivity index (χ0v) is 12.9. The van der Waals surface area contributed by atoms with Crippen molar-refractivity contribution < 1.29 is 9.59 Å². The van der Waals surface area contributed by atoms with Gasteiger partial charge in [0.1, 0.15) is 0 Å². The monoisotopic (exact) mass is 311 g/mol. The number of likely N-dealkylation sites (tertiary alicyclic amines) is 1. The summed E-state index contributed by atoms with van der Waals surface area (Å²) >= 11 is 0. The minimum atomic E-state index is -0.518. The van der Waals surface area contributed by atoms with Crippen LogP contribution in [0, 0.1) is 5.92 Å². The highest BCUT2D eigenvalue weighted by Crippen LogP contribution is 2.21. The van der Waals surface area contributed by atoms with Crippen LogP contribution in [0.3, 0.4) is 0 Å². The molecule has 0 spiro atoms. The summed E-state index contributed by atoms with van der Waals surface area (Å²) in [4.78, 5) is 25.4. The van der Waals surface area contributed by atoms with Crippen LogP contribution in [-0.4, -0.2) is 35.8 Å². The molecule has 1 aromatic rings. The van der Waals surface area contributed by atoms with Crippen molar-refractivity contribution in [1.29, 1.82) is 0 Å². The van der Waals surface area contributed by atoms with Crippen molar-refractivity contribution in [3.05, 3.63) is 35.4 Å². The molecule has 4 N–H and O–H groups in total. The molecular weight excluding hydrogens is 290 g/mol. The van der Waals surface area contributed by atoms with Gasteiger partial charge >= 0.3 is 0 Å². The van der Waals surface area contributed by atoms with Crippen molar-refractivity contribution in [2.45, 2.75) is 25.8 Å². The minimum Gasteiger partial charge on any atom is -0.366 e. The number of halogens is 1. The summed E-state index contributed by atoms with van der Waals surface area (Å²) in [5, 5.41) is 0. The van der Waals surface area contributed by atoms with Gasteiger partial charge in [-0.2, -0.15) is 0 Å². The maximum atomic E-state index is 12.4. The molecule has 116 valence electrons. The molecule has 1 aromatic carbocycles. The van der Waals surface area contributed by atoms with Gasteiger partial charge in [0, 0.05) is 30.3 Å². The standard InChI is InChI=1S/C15H21N3O2.ClH/c1-10(16)11-5-7-18(8-6-11)15(20)13-4-2-3-12(9-13)14(17)19;/h2-4,9-11H,5-8,16H2,1H3,(H2,17,19);1H. The van der Waals surface area contributed by atoms with E-state index < -0.39 is 5.91 Å². The molecule has 6 heteroatoms. The first-order valence-electron chi connectivity index (χ1n) is 6.93. The average molecular weight is 312 g/mol. The molecule has 1 unspecified atom stereocenters. The van der Waals surface area contributed by atoms with Gasteiger partial charge in [-0.15, -0.1) is 12.4 Å². The largest absolute Gasteiger partial charge is 0.366 e. The fourth-order valence-electron chi connectivity index (χ4n) is 2.62. The van der Waals surface area contributed by atoms with Gasteiger partial charge in [-0.05, 0) is 43.9 Å². The highest BCUT2D eigenvalue weighted by molar-refractivity contribution is 5.99. The van der Waals surface area contributed by atoms with Gasteiger partial charge in [0.25, 0.3) is 5.91 Å². The van der Waals surface area contributed by atoms with Crippen molar-refractivity contribution >= 4 is 24.2 Å². The first-order chi connectivity index (χ1) is 9.49. The van der Waals surface area contributed by atoms with E-state index in [2.05, 4.69) is 0 Å². The highest BCUT2D eigenvalue weighted by atomic mass is 35.5. The SMILES string of the molecule is CC(N)C1CCN(C(=O)c2cccc(C(N)=O)c2)CC1.Cl. The number of carbonyl (C=O) groups is 2. The van der Waals surface area contributed by atoms with Gasteiger partial charge < -0.3 is 16.4 Å². The van der Waals surface area contributed by atoms with E-state index >= 15 is 0 Å². The second-order valence-electron chi connectivity index (χ2n) is 5.43. The third-order valence-electron chi connectivity index (χ3n) is 3.96. The summed E-state index contributed by atoms with van der Waals surface area (Å²) in [6, 6.07) is 6.74. The molecule has 0 aliphatic carbocycles. The van der Waals surface area contributed by atoms with E-state index in [9.17, 15) is 9.59 Å². The molecular formula is C15H22ClN3O2. The normalized spacial score (nSPS) is 17.0. The maximum absolute atomic E-state index is 12.4. The summed E-state index contributed by atoms with van der Waals surface area (Å²) in [5.41, 5.74) is 12.0. The molecule has 2 rings (SSSR count). The Hall–Kier alpha value is -1.59. The van der Waals surface area contributed by atoms with Crippen LogP contribution in [0.1, 0.15) is 40.5 Å². The molecule has 1 aliphatic rings. The lowest BCUT2D eigenvalue weighted by Crippen LogP contribution is -2.42. The quantitative estimate of drug-likeness (QED) is 0.884. The van der Waals surface area contributed by atoms with Crippen LogP contribution in [-0.2, 0) is 0 Å². The Bertz CT molecular complexity index is 511. The van der Waals surface area contributed by atoms with Crippen LogP contribution in [0.4, 0.5) is 0 Å². The first kappa shape index (κ1) is 17.5. The second-order valence-corrected chi connectivity index (χ2v) is 5.43. The average Bonchev–Trinajstić information content (AvgIpc) is 2.46. The molecule has 0 radical (unpaired) electrons. The molecule has 2 amide bonds. The third-order valence-corrected chi connectivity index (χ3v) is 3.96. The van der Waals surface area contributed by atoms with Crippen molar-refractivity contribution in [2.24, 2.45) is 17.4 Å². The molecule has 0 aromatic heterocycles. The van der Waals surface area contributed by atoms with Crippen molar-refractivity contribution in [2.75, 3.05) is 13.1 Å². The van der Waals surface area contributed by atoms with Gasteiger partial charge in [-0.1, -0.05) is 6.07 Å². The maximum Gasteiger partial charge on any atom is 0.253 e. The zero-order valence-electron chi connectivity index (χ0n) is 12.1. The number of benzene rings is 1.